The maximum Gasteiger partial charge on any atom is 0.143 e. The third-order valence-electron chi connectivity index (χ3n) is 10.7. The zero-order valence-corrected chi connectivity index (χ0v) is 28.7. The van der Waals surface area contributed by atoms with Crippen molar-refractivity contribution < 1.29 is 8.83 Å². The number of anilines is 3. The molecule has 0 aliphatic carbocycles. The summed E-state index contributed by atoms with van der Waals surface area (Å²) in [6.45, 7) is 0. The van der Waals surface area contributed by atoms with Crippen LogP contribution in [0, 0.1) is 0 Å². The van der Waals surface area contributed by atoms with E-state index in [1.54, 1.807) is 0 Å². The SMILES string of the molecule is c1ccc2c(-c3ccc(N(c4ccc(-c5ccc6c(c5)oc5c7ccccc7ccc65)cc4)c4ccc5c(c4)oc4ccccc45)cc3)cccc2c1. The molecule has 3 nitrogen and oxygen atoms in total. The molecular formula is C50H31NO2. The first-order valence-corrected chi connectivity index (χ1v) is 18.0. The molecule has 0 N–H and O–H groups in total. The highest BCUT2D eigenvalue weighted by molar-refractivity contribution is 6.15. The third kappa shape index (κ3) is 4.82. The van der Waals surface area contributed by atoms with Gasteiger partial charge in [-0.2, -0.15) is 0 Å². The van der Waals surface area contributed by atoms with E-state index in [0.29, 0.717) is 0 Å². The molecule has 53 heavy (non-hydrogen) atoms. The van der Waals surface area contributed by atoms with E-state index in [1.807, 2.05) is 12.1 Å². The summed E-state index contributed by atoms with van der Waals surface area (Å²) in [5, 5.41) is 9.32. The number of hydrogen-bond acceptors (Lipinski definition) is 3. The van der Waals surface area contributed by atoms with Crippen LogP contribution in [0.4, 0.5) is 17.1 Å². The van der Waals surface area contributed by atoms with Crippen LogP contribution in [-0.4, -0.2) is 0 Å². The van der Waals surface area contributed by atoms with Gasteiger partial charge in [-0.25, -0.2) is 0 Å². The van der Waals surface area contributed by atoms with E-state index >= 15 is 0 Å². The van der Waals surface area contributed by atoms with Crippen molar-refractivity contribution in [3.05, 3.63) is 188 Å². The van der Waals surface area contributed by atoms with E-state index in [-0.39, 0.29) is 0 Å². The van der Waals surface area contributed by atoms with E-state index in [1.165, 1.54) is 27.3 Å². The van der Waals surface area contributed by atoms with Gasteiger partial charge in [0.05, 0.1) is 0 Å². The summed E-state index contributed by atoms with van der Waals surface area (Å²) in [4.78, 5) is 2.30. The number of para-hydroxylation sites is 1. The zero-order chi connectivity index (χ0) is 34.9. The van der Waals surface area contributed by atoms with Gasteiger partial charge in [0, 0.05) is 50.1 Å². The summed E-state index contributed by atoms with van der Waals surface area (Å²) in [6.07, 6.45) is 0. The molecule has 0 aliphatic rings. The quantitative estimate of drug-likeness (QED) is 0.182. The van der Waals surface area contributed by atoms with Crippen LogP contribution in [-0.2, 0) is 0 Å². The van der Waals surface area contributed by atoms with Gasteiger partial charge in [-0.05, 0) is 99.1 Å². The van der Waals surface area contributed by atoms with Crippen molar-refractivity contribution in [3.8, 4) is 22.3 Å². The molecule has 0 saturated heterocycles. The molecule has 11 rings (SSSR count). The first kappa shape index (κ1) is 29.6. The predicted molar refractivity (Wildman–Crippen MR) is 222 cm³/mol. The number of benzene rings is 9. The van der Waals surface area contributed by atoms with E-state index in [0.717, 1.165) is 77.5 Å². The molecule has 0 aliphatic heterocycles. The third-order valence-corrected chi connectivity index (χ3v) is 10.7. The molecule has 0 amide bonds. The summed E-state index contributed by atoms with van der Waals surface area (Å²) in [7, 11) is 0. The Kier molecular flexibility index (Phi) is 6.55. The van der Waals surface area contributed by atoms with Crippen LogP contribution in [0.5, 0.6) is 0 Å². The molecule has 0 saturated carbocycles. The minimum atomic E-state index is 0.865. The van der Waals surface area contributed by atoms with Crippen molar-refractivity contribution in [1.82, 2.24) is 0 Å². The fourth-order valence-electron chi connectivity index (χ4n) is 8.05. The Labute approximate surface area is 305 Å². The van der Waals surface area contributed by atoms with Gasteiger partial charge in [-0.1, -0.05) is 121 Å². The van der Waals surface area contributed by atoms with Crippen LogP contribution >= 0.6 is 0 Å². The zero-order valence-electron chi connectivity index (χ0n) is 28.7. The minimum Gasteiger partial charge on any atom is -0.456 e. The van der Waals surface area contributed by atoms with Gasteiger partial charge >= 0.3 is 0 Å². The van der Waals surface area contributed by atoms with E-state index in [2.05, 4.69) is 181 Å². The first-order chi connectivity index (χ1) is 26.2. The highest BCUT2D eigenvalue weighted by Gasteiger charge is 2.17. The fourth-order valence-corrected chi connectivity index (χ4v) is 8.05. The second-order valence-corrected chi connectivity index (χ2v) is 13.7. The Hall–Kier alpha value is -7.10. The van der Waals surface area contributed by atoms with Crippen LogP contribution in [0.2, 0.25) is 0 Å². The number of nitrogens with zero attached hydrogens (tertiary/aromatic N) is 1. The van der Waals surface area contributed by atoms with E-state index < -0.39 is 0 Å². The fraction of sp³-hybridized carbons (Fsp3) is 0. The highest BCUT2D eigenvalue weighted by atomic mass is 16.3. The molecular weight excluding hydrogens is 647 g/mol. The summed E-state index contributed by atoms with van der Waals surface area (Å²) >= 11 is 0. The van der Waals surface area contributed by atoms with Crippen LogP contribution in [0.1, 0.15) is 0 Å². The molecule has 0 bridgehead atoms. The molecule has 0 atom stereocenters. The lowest BCUT2D eigenvalue weighted by Gasteiger charge is -2.26. The molecule has 0 spiro atoms. The van der Waals surface area contributed by atoms with Crippen LogP contribution in [0.25, 0.3) is 87.7 Å². The lowest BCUT2D eigenvalue weighted by molar-refractivity contribution is 0.669. The molecule has 248 valence electrons. The standard InChI is InChI=1S/C50H31NO2/c1-3-11-40-33(8-1)10-7-14-41(40)35-18-24-38(25-19-35)51(39-26-29-44-43-13-5-6-15-47(43)52-49(44)31-39)37-22-16-32(17-23-37)36-21-27-45-46-28-20-34-9-2-4-12-42(34)50(46)53-48(45)30-36/h1-31H. The average Bonchev–Trinajstić information content (AvgIpc) is 3.79. The predicted octanol–water partition coefficient (Wildman–Crippen LogP) is 14.6. The van der Waals surface area contributed by atoms with Crippen molar-refractivity contribution in [2.24, 2.45) is 0 Å². The summed E-state index contributed by atoms with van der Waals surface area (Å²) < 4.78 is 12.9. The monoisotopic (exact) mass is 677 g/mol. The van der Waals surface area contributed by atoms with Crippen LogP contribution in [0.15, 0.2) is 197 Å². The average molecular weight is 678 g/mol. The van der Waals surface area contributed by atoms with Gasteiger partial charge in [0.1, 0.15) is 22.3 Å². The minimum absolute atomic E-state index is 0.865. The second kappa shape index (κ2) is 11.7. The maximum absolute atomic E-state index is 6.51. The van der Waals surface area contributed by atoms with Gasteiger partial charge in [-0.15, -0.1) is 0 Å². The second-order valence-electron chi connectivity index (χ2n) is 13.7. The van der Waals surface area contributed by atoms with Crippen molar-refractivity contribution in [2.45, 2.75) is 0 Å². The Balaban J connectivity index is 1.00. The smallest absolute Gasteiger partial charge is 0.143 e. The molecule has 0 fully saturated rings. The van der Waals surface area contributed by atoms with Crippen LogP contribution < -0.4 is 4.90 Å². The Morgan fingerprint density at radius 1 is 0.302 bits per heavy atom. The lowest BCUT2D eigenvalue weighted by atomic mass is 9.98. The van der Waals surface area contributed by atoms with Gasteiger partial charge in [0.15, 0.2) is 0 Å². The molecule has 0 unspecified atom stereocenters. The topological polar surface area (TPSA) is 29.5 Å². The lowest BCUT2D eigenvalue weighted by Crippen LogP contribution is -2.09. The molecule has 0 radical (unpaired) electrons. The summed E-state index contributed by atoms with van der Waals surface area (Å²) in [5.41, 5.74) is 11.4. The summed E-state index contributed by atoms with van der Waals surface area (Å²) in [5.74, 6) is 0. The van der Waals surface area contributed by atoms with Crippen molar-refractivity contribution in [2.75, 3.05) is 4.90 Å². The van der Waals surface area contributed by atoms with E-state index in [4.69, 9.17) is 8.83 Å². The molecule has 2 aromatic heterocycles. The number of furan rings is 2. The first-order valence-electron chi connectivity index (χ1n) is 18.0. The number of rotatable bonds is 5. The van der Waals surface area contributed by atoms with Gasteiger partial charge in [0.2, 0.25) is 0 Å². The normalized spacial score (nSPS) is 11.8. The van der Waals surface area contributed by atoms with Crippen molar-refractivity contribution in [3.63, 3.8) is 0 Å². The Bertz CT molecular complexity index is 3160. The van der Waals surface area contributed by atoms with Gasteiger partial charge in [0.25, 0.3) is 0 Å². The van der Waals surface area contributed by atoms with Gasteiger partial charge < -0.3 is 13.7 Å². The Morgan fingerprint density at radius 2 is 0.849 bits per heavy atom. The molecule has 3 heteroatoms. The number of hydrogen-bond donors (Lipinski definition) is 0. The summed E-state index contributed by atoms with van der Waals surface area (Å²) in [6, 6.07) is 66.8. The molecule has 9 aromatic carbocycles. The highest BCUT2D eigenvalue weighted by Crippen LogP contribution is 2.41. The molecule has 11 aromatic rings. The van der Waals surface area contributed by atoms with E-state index in [9.17, 15) is 0 Å². The van der Waals surface area contributed by atoms with Crippen molar-refractivity contribution >= 4 is 82.5 Å². The molecule has 2 heterocycles. The van der Waals surface area contributed by atoms with Gasteiger partial charge in [-0.3, -0.25) is 0 Å². The van der Waals surface area contributed by atoms with Crippen molar-refractivity contribution in [1.29, 1.82) is 0 Å². The maximum atomic E-state index is 6.51. The largest absolute Gasteiger partial charge is 0.456 e. The Morgan fingerprint density at radius 3 is 1.66 bits per heavy atom. The number of fused-ring (bicyclic) bond motifs is 9. The van der Waals surface area contributed by atoms with Crippen LogP contribution in [0.3, 0.4) is 0 Å².